The molecule has 1 unspecified atom stereocenters. The van der Waals surface area contributed by atoms with Gasteiger partial charge in [0.05, 0.1) is 6.04 Å². The van der Waals surface area contributed by atoms with E-state index in [1.807, 2.05) is 61.5 Å². The lowest BCUT2D eigenvalue weighted by Crippen LogP contribution is -2.27. The smallest absolute Gasteiger partial charge is 0.244 e. The third-order valence-corrected chi connectivity index (χ3v) is 3.01. The maximum atomic E-state index is 12.0. The molecule has 0 bridgehead atoms. The highest BCUT2D eigenvalue weighted by molar-refractivity contribution is 5.88. The largest absolute Gasteiger partial charge is 0.342 e. The van der Waals surface area contributed by atoms with Crippen LogP contribution in [0.25, 0.3) is 0 Å². The van der Waals surface area contributed by atoms with Crippen molar-refractivity contribution in [1.29, 1.82) is 0 Å². The SMILES string of the molecule is CC=CC=CC(=O)NC(c1ccccc1)c1ccncc1. The number of amides is 1. The summed E-state index contributed by atoms with van der Waals surface area (Å²) in [6, 6.07) is 13.5. The van der Waals surface area contributed by atoms with Crippen LogP contribution in [0.2, 0.25) is 0 Å². The molecule has 0 spiro atoms. The van der Waals surface area contributed by atoms with Crippen LogP contribution in [0.5, 0.6) is 0 Å². The molecular formula is C18H18N2O. The molecule has 2 rings (SSSR count). The first-order chi connectivity index (χ1) is 10.3. The van der Waals surface area contributed by atoms with Crippen molar-refractivity contribution in [3.63, 3.8) is 0 Å². The third kappa shape index (κ3) is 4.42. The summed E-state index contributed by atoms with van der Waals surface area (Å²) in [6.07, 6.45) is 10.4. The molecule has 0 aliphatic carbocycles. The maximum Gasteiger partial charge on any atom is 0.244 e. The van der Waals surface area contributed by atoms with Gasteiger partial charge in [-0.1, -0.05) is 48.6 Å². The Bertz CT molecular complexity index is 579. The van der Waals surface area contributed by atoms with E-state index in [2.05, 4.69) is 10.3 Å². The van der Waals surface area contributed by atoms with Crippen molar-refractivity contribution in [2.75, 3.05) is 0 Å². The highest BCUT2D eigenvalue weighted by Crippen LogP contribution is 2.21. The van der Waals surface area contributed by atoms with Gasteiger partial charge in [-0.2, -0.15) is 0 Å². The molecule has 2 aromatic rings. The van der Waals surface area contributed by atoms with E-state index in [9.17, 15) is 4.79 Å². The standard InChI is InChI=1S/C18H18N2O/c1-2-3-5-10-17(21)20-18(15-8-6-4-7-9-15)16-11-13-19-14-12-16/h2-14,18H,1H3,(H,20,21). The first-order valence-corrected chi connectivity index (χ1v) is 6.86. The monoisotopic (exact) mass is 278 g/mol. The highest BCUT2D eigenvalue weighted by Gasteiger charge is 2.15. The molecular weight excluding hydrogens is 260 g/mol. The molecule has 1 N–H and O–H groups in total. The molecule has 3 heteroatoms. The normalized spacial score (nSPS) is 12.6. The Labute approximate surface area is 125 Å². The van der Waals surface area contributed by atoms with Gasteiger partial charge >= 0.3 is 0 Å². The molecule has 106 valence electrons. The average molecular weight is 278 g/mol. The van der Waals surface area contributed by atoms with Gasteiger partial charge < -0.3 is 5.32 Å². The predicted molar refractivity (Wildman–Crippen MR) is 84.6 cm³/mol. The van der Waals surface area contributed by atoms with Crippen LogP contribution < -0.4 is 5.32 Å². The van der Waals surface area contributed by atoms with Gasteiger partial charge in [0.15, 0.2) is 0 Å². The lowest BCUT2D eigenvalue weighted by atomic mass is 9.99. The van der Waals surface area contributed by atoms with Gasteiger partial charge in [0.25, 0.3) is 0 Å². The number of hydrogen-bond acceptors (Lipinski definition) is 2. The molecule has 0 saturated carbocycles. The number of carbonyl (C=O) groups is 1. The molecule has 0 radical (unpaired) electrons. The second-order valence-electron chi connectivity index (χ2n) is 4.52. The van der Waals surface area contributed by atoms with Gasteiger partial charge in [0.2, 0.25) is 5.91 Å². The summed E-state index contributed by atoms with van der Waals surface area (Å²) in [5, 5.41) is 3.02. The Balaban J connectivity index is 2.23. The molecule has 21 heavy (non-hydrogen) atoms. The van der Waals surface area contributed by atoms with E-state index in [1.54, 1.807) is 18.5 Å². The Hall–Kier alpha value is -2.68. The van der Waals surface area contributed by atoms with E-state index in [-0.39, 0.29) is 11.9 Å². The molecule has 1 amide bonds. The van der Waals surface area contributed by atoms with E-state index in [0.717, 1.165) is 11.1 Å². The van der Waals surface area contributed by atoms with Crippen molar-refractivity contribution in [3.8, 4) is 0 Å². The number of nitrogens with zero attached hydrogens (tertiary/aromatic N) is 1. The van der Waals surface area contributed by atoms with E-state index in [0.29, 0.717) is 0 Å². The molecule has 0 aliphatic rings. The van der Waals surface area contributed by atoms with Crippen molar-refractivity contribution in [3.05, 3.63) is 90.3 Å². The second kappa shape index (κ2) is 7.80. The molecule has 1 aromatic carbocycles. The molecule has 0 aliphatic heterocycles. The van der Waals surface area contributed by atoms with Crippen LogP contribution in [0, 0.1) is 0 Å². The van der Waals surface area contributed by atoms with Crippen LogP contribution in [0.4, 0.5) is 0 Å². The summed E-state index contributed by atoms with van der Waals surface area (Å²) in [5.74, 6) is -0.126. The van der Waals surface area contributed by atoms with E-state index in [1.165, 1.54) is 6.08 Å². The van der Waals surface area contributed by atoms with Crippen molar-refractivity contribution < 1.29 is 4.79 Å². The predicted octanol–water partition coefficient (Wildman–Crippen LogP) is 3.42. The fourth-order valence-electron chi connectivity index (χ4n) is 2.00. The highest BCUT2D eigenvalue weighted by atomic mass is 16.1. The van der Waals surface area contributed by atoms with Crippen LogP contribution in [0.1, 0.15) is 24.1 Å². The molecule has 1 heterocycles. The summed E-state index contributed by atoms with van der Waals surface area (Å²) in [4.78, 5) is 16.1. The number of benzene rings is 1. The van der Waals surface area contributed by atoms with Gasteiger partial charge in [0, 0.05) is 18.5 Å². The van der Waals surface area contributed by atoms with Gasteiger partial charge in [-0.3, -0.25) is 9.78 Å². The van der Waals surface area contributed by atoms with Crippen molar-refractivity contribution >= 4 is 5.91 Å². The topological polar surface area (TPSA) is 42.0 Å². The van der Waals surface area contributed by atoms with Crippen LogP contribution >= 0.6 is 0 Å². The molecule has 1 atom stereocenters. The fourth-order valence-corrected chi connectivity index (χ4v) is 2.00. The van der Waals surface area contributed by atoms with Crippen molar-refractivity contribution in [2.45, 2.75) is 13.0 Å². The summed E-state index contributed by atoms with van der Waals surface area (Å²) < 4.78 is 0. The first kappa shape index (κ1) is 14.7. The molecule has 0 fully saturated rings. The number of aromatic nitrogens is 1. The maximum absolute atomic E-state index is 12.0. The number of nitrogens with one attached hydrogen (secondary N) is 1. The Morgan fingerprint density at radius 1 is 1.05 bits per heavy atom. The van der Waals surface area contributed by atoms with E-state index < -0.39 is 0 Å². The van der Waals surface area contributed by atoms with Gasteiger partial charge in [0.1, 0.15) is 0 Å². The number of pyridine rings is 1. The van der Waals surface area contributed by atoms with Crippen molar-refractivity contribution in [1.82, 2.24) is 10.3 Å². The zero-order valence-corrected chi connectivity index (χ0v) is 11.9. The number of rotatable bonds is 5. The summed E-state index contributed by atoms with van der Waals surface area (Å²) >= 11 is 0. The minimum absolute atomic E-state index is 0.126. The first-order valence-electron chi connectivity index (χ1n) is 6.86. The van der Waals surface area contributed by atoms with Gasteiger partial charge in [-0.15, -0.1) is 0 Å². The minimum atomic E-state index is -0.183. The Morgan fingerprint density at radius 3 is 2.38 bits per heavy atom. The van der Waals surface area contributed by atoms with Crippen molar-refractivity contribution in [2.24, 2.45) is 0 Å². The second-order valence-corrected chi connectivity index (χ2v) is 4.52. The molecule has 3 nitrogen and oxygen atoms in total. The lowest BCUT2D eigenvalue weighted by molar-refractivity contribution is -0.117. The number of hydrogen-bond donors (Lipinski definition) is 1. The summed E-state index contributed by atoms with van der Waals surface area (Å²) in [5.41, 5.74) is 2.04. The average Bonchev–Trinajstić information content (AvgIpc) is 2.54. The molecule has 1 aromatic heterocycles. The zero-order valence-electron chi connectivity index (χ0n) is 11.9. The lowest BCUT2D eigenvalue weighted by Gasteiger charge is -2.18. The zero-order chi connectivity index (χ0) is 14.9. The van der Waals surface area contributed by atoms with Crippen LogP contribution in [0.15, 0.2) is 79.2 Å². The van der Waals surface area contributed by atoms with E-state index in [4.69, 9.17) is 0 Å². The fraction of sp³-hybridized carbons (Fsp3) is 0.111. The number of allylic oxidation sites excluding steroid dienone is 3. The summed E-state index contributed by atoms with van der Waals surface area (Å²) in [6.45, 7) is 1.91. The molecule has 0 saturated heterocycles. The Kier molecular flexibility index (Phi) is 5.47. The van der Waals surface area contributed by atoms with Crippen LogP contribution in [0.3, 0.4) is 0 Å². The van der Waals surface area contributed by atoms with Gasteiger partial charge in [-0.25, -0.2) is 0 Å². The summed E-state index contributed by atoms with van der Waals surface area (Å²) in [7, 11) is 0. The van der Waals surface area contributed by atoms with Gasteiger partial charge in [-0.05, 0) is 30.2 Å². The Morgan fingerprint density at radius 2 is 1.71 bits per heavy atom. The van der Waals surface area contributed by atoms with Crippen LogP contribution in [-0.4, -0.2) is 10.9 Å². The van der Waals surface area contributed by atoms with E-state index >= 15 is 0 Å². The quantitative estimate of drug-likeness (QED) is 0.672. The number of carbonyl (C=O) groups excluding carboxylic acids is 1. The third-order valence-electron chi connectivity index (χ3n) is 3.01. The van der Waals surface area contributed by atoms with Crippen LogP contribution in [-0.2, 0) is 4.79 Å². The minimum Gasteiger partial charge on any atom is -0.342 e.